The molecule has 0 bridgehead atoms. The van der Waals surface area contributed by atoms with Crippen LogP contribution in [-0.2, 0) is 4.79 Å². The van der Waals surface area contributed by atoms with Gasteiger partial charge in [-0.1, -0.05) is 5.73 Å². The van der Waals surface area contributed by atoms with Gasteiger partial charge in [0.15, 0.2) is 5.83 Å². The quantitative estimate of drug-likeness (QED) is 0.413. The van der Waals surface area contributed by atoms with Crippen molar-refractivity contribution in [3.05, 3.63) is 40.9 Å². The molecule has 0 atom stereocenters. The molecule has 1 aliphatic carbocycles. The van der Waals surface area contributed by atoms with Crippen molar-refractivity contribution in [3.63, 3.8) is 0 Å². The average Bonchev–Trinajstić information content (AvgIpc) is 2.11. The lowest BCUT2D eigenvalue weighted by Gasteiger charge is -1.94. The van der Waals surface area contributed by atoms with E-state index in [0.717, 1.165) is 0 Å². The number of aldehydes is 1. The smallest absolute Gasteiger partial charge is 0.165 e. The van der Waals surface area contributed by atoms with E-state index in [-0.39, 0.29) is 0 Å². The highest BCUT2D eigenvalue weighted by molar-refractivity contribution is 5.80. The van der Waals surface area contributed by atoms with E-state index in [1.165, 1.54) is 18.2 Å². The molecule has 0 radical (unpaired) electrons. The van der Waals surface area contributed by atoms with E-state index in [1.54, 1.807) is 6.92 Å². The van der Waals surface area contributed by atoms with Crippen LogP contribution in [0.4, 0.5) is 4.39 Å². The molecule has 0 aromatic rings. The SMILES string of the molecule is CC1=CC(F)=C=CC=C1C=O. The summed E-state index contributed by atoms with van der Waals surface area (Å²) in [7, 11) is 0. The van der Waals surface area contributed by atoms with Crippen molar-refractivity contribution < 1.29 is 9.18 Å². The fourth-order valence-corrected chi connectivity index (χ4v) is 0.790. The molecule has 0 fully saturated rings. The first kappa shape index (κ1) is 7.70. The average molecular weight is 150 g/mol. The van der Waals surface area contributed by atoms with Gasteiger partial charge in [-0.15, -0.1) is 0 Å². The molecule has 1 rings (SSSR count). The number of halogens is 1. The Balaban J connectivity index is 3.11. The number of hydrogen-bond acceptors (Lipinski definition) is 1. The van der Waals surface area contributed by atoms with E-state index in [9.17, 15) is 9.18 Å². The summed E-state index contributed by atoms with van der Waals surface area (Å²) < 4.78 is 12.6. The number of carbonyl (C=O) groups is 1. The van der Waals surface area contributed by atoms with Gasteiger partial charge in [0.2, 0.25) is 0 Å². The lowest BCUT2D eigenvalue weighted by Crippen LogP contribution is -1.85. The molecule has 0 aliphatic heterocycles. The maximum atomic E-state index is 12.6. The molecule has 0 spiro atoms. The van der Waals surface area contributed by atoms with Crippen LogP contribution in [-0.4, -0.2) is 6.29 Å². The summed E-state index contributed by atoms with van der Waals surface area (Å²) >= 11 is 0. The molecule has 0 heterocycles. The Labute approximate surface area is 64.2 Å². The second-order valence-corrected chi connectivity index (χ2v) is 2.23. The summed E-state index contributed by atoms with van der Waals surface area (Å²) in [6, 6.07) is 0. The van der Waals surface area contributed by atoms with Crippen LogP contribution >= 0.6 is 0 Å². The molecular formula is C9H7FO. The van der Waals surface area contributed by atoms with Gasteiger partial charge in [-0.2, -0.15) is 4.39 Å². The lowest BCUT2D eigenvalue weighted by molar-refractivity contribution is -0.104. The molecule has 0 unspecified atom stereocenters. The Morgan fingerprint density at radius 2 is 2.36 bits per heavy atom. The van der Waals surface area contributed by atoms with Crippen LogP contribution in [0.15, 0.2) is 40.9 Å². The fourth-order valence-electron chi connectivity index (χ4n) is 0.790. The van der Waals surface area contributed by atoms with Crippen molar-refractivity contribution in [2.75, 3.05) is 0 Å². The van der Waals surface area contributed by atoms with Crippen LogP contribution in [0.1, 0.15) is 6.92 Å². The van der Waals surface area contributed by atoms with Crippen LogP contribution in [0.5, 0.6) is 0 Å². The summed E-state index contributed by atoms with van der Waals surface area (Å²) in [5.41, 5.74) is 3.47. The molecule has 0 aromatic heterocycles. The topological polar surface area (TPSA) is 17.1 Å². The van der Waals surface area contributed by atoms with Crippen molar-refractivity contribution in [1.82, 2.24) is 0 Å². The Hall–Kier alpha value is -1.40. The molecule has 56 valence electrons. The van der Waals surface area contributed by atoms with Gasteiger partial charge in [-0.25, -0.2) is 0 Å². The number of allylic oxidation sites excluding steroid dienone is 5. The van der Waals surface area contributed by atoms with E-state index in [1.807, 2.05) is 0 Å². The third-order valence-corrected chi connectivity index (χ3v) is 1.41. The van der Waals surface area contributed by atoms with Gasteiger partial charge in [0.25, 0.3) is 0 Å². The summed E-state index contributed by atoms with van der Waals surface area (Å²) in [4.78, 5) is 10.3. The Bertz CT molecular complexity index is 302. The monoisotopic (exact) mass is 150 g/mol. The number of hydrogen-bond donors (Lipinski definition) is 0. The van der Waals surface area contributed by atoms with Gasteiger partial charge in [-0.3, -0.25) is 4.79 Å². The summed E-state index contributed by atoms with van der Waals surface area (Å²) in [6.45, 7) is 1.68. The van der Waals surface area contributed by atoms with E-state index >= 15 is 0 Å². The van der Waals surface area contributed by atoms with E-state index in [2.05, 4.69) is 5.73 Å². The second-order valence-electron chi connectivity index (χ2n) is 2.23. The van der Waals surface area contributed by atoms with Crippen LogP contribution in [0, 0.1) is 0 Å². The van der Waals surface area contributed by atoms with Gasteiger partial charge >= 0.3 is 0 Å². The summed E-state index contributed by atoms with van der Waals surface area (Å²) in [6.07, 6.45) is 4.91. The van der Waals surface area contributed by atoms with Crippen molar-refractivity contribution in [1.29, 1.82) is 0 Å². The van der Waals surface area contributed by atoms with Crippen molar-refractivity contribution in [2.45, 2.75) is 6.92 Å². The molecule has 0 saturated carbocycles. The minimum absolute atomic E-state index is 0.449. The highest BCUT2D eigenvalue weighted by Gasteiger charge is 2.00. The Kier molecular flexibility index (Phi) is 2.19. The zero-order valence-corrected chi connectivity index (χ0v) is 6.10. The molecule has 11 heavy (non-hydrogen) atoms. The van der Waals surface area contributed by atoms with Crippen molar-refractivity contribution in [3.8, 4) is 0 Å². The third-order valence-electron chi connectivity index (χ3n) is 1.41. The number of rotatable bonds is 1. The third kappa shape index (κ3) is 1.76. The van der Waals surface area contributed by atoms with Gasteiger partial charge in [-0.05, 0) is 30.7 Å². The van der Waals surface area contributed by atoms with Crippen LogP contribution in [0.25, 0.3) is 0 Å². The molecule has 0 N–H and O–H groups in total. The Morgan fingerprint density at radius 1 is 1.64 bits per heavy atom. The van der Waals surface area contributed by atoms with Gasteiger partial charge in [0, 0.05) is 5.57 Å². The highest BCUT2D eigenvalue weighted by atomic mass is 19.1. The first-order valence-corrected chi connectivity index (χ1v) is 3.20. The second kappa shape index (κ2) is 3.13. The lowest BCUT2D eigenvalue weighted by atomic mass is 10.1. The first-order valence-electron chi connectivity index (χ1n) is 3.20. The molecular weight excluding hydrogens is 143 g/mol. The molecule has 1 aliphatic rings. The fraction of sp³-hybridized carbons (Fsp3) is 0.111. The van der Waals surface area contributed by atoms with Gasteiger partial charge in [0.05, 0.1) is 0 Å². The molecule has 0 aromatic carbocycles. The van der Waals surface area contributed by atoms with Crippen LogP contribution in [0.2, 0.25) is 0 Å². The molecule has 0 saturated heterocycles. The van der Waals surface area contributed by atoms with Crippen molar-refractivity contribution >= 4 is 6.29 Å². The van der Waals surface area contributed by atoms with E-state index < -0.39 is 5.83 Å². The normalized spacial score (nSPS) is 16.4. The zero-order valence-electron chi connectivity index (χ0n) is 6.10. The maximum Gasteiger partial charge on any atom is 0.165 e. The van der Waals surface area contributed by atoms with Crippen LogP contribution < -0.4 is 0 Å². The Morgan fingerprint density at radius 3 is 3.00 bits per heavy atom. The first-order chi connectivity index (χ1) is 5.24. The van der Waals surface area contributed by atoms with E-state index in [0.29, 0.717) is 17.4 Å². The molecule has 0 amide bonds. The predicted octanol–water partition coefficient (Wildman–Crippen LogP) is 2.08. The minimum Gasteiger partial charge on any atom is -0.298 e. The van der Waals surface area contributed by atoms with Gasteiger partial charge < -0.3 is 0 Å². The maximum absolute atomic E-state index is 12.6. The predicted molar refractivity (Wildman–Crippen MR) is 40.6 cm³/mol. The highest BCUT2D eigenvalue weighted by Crippen LogP contribution is 2.13. The number of carbonyl (C=O) groups excluding carboxylic acids is 1. The largest absolute Gasteiger partial charge is 0.298 e. The molecule has 1 nitrogen and oxygen atoms in total. The minimum atomic E-state index is -0.449. The summed E-state index contributed by atoms with van der Waals surface area (Å²) in [5.74, 6) is -0.449. The summed E-state index contributed by atoms with van der Waals surface area (Å²) in [5, 5.41) is 0. The zero-order chi connectivity index (χ0) is 8.27. The standard InChI is InChI=1S/C9H7FO/c1-7-5-9(10)4-2-3-8(7)6-11/h2-3,5-6H,1H3. The van der Waals surface area contributed by atoms with Gasteiger partial charge in [0.1, 0.15) is 6.29 Å². The van der Waals surface area contributed by atoms with E-state index in [4.69, 9.17) is 0 Å². The molecule has 2 heteroatoms. The van der Waals surface area contributed by atoms with Crippen LogP contribution in [0.3, 0.4) is 0 Å². The van der Waals surface area contributed by atoms with Crippen molar-refractivity contribution in [2.24, 2.45) is 0 Å².